The number of esters is 3. The number of rotatable bonds is 53. The van der Waals surface area contributed by atoms with Crippen molar-refractivity contribution in [2.24, 2.45) is 17.8 Å². The molecule has 0 heterocycles. The lowest BCUT2D eigenvalue weighted by Gasteiger charge is -2.18. The van der Waals surface area contributed by atoms with Crippen molar-refractivity contribution in [1.82, 2.24) is 0 Å². The number of unbranched alkanes of at least 4 members (excludes halogenated alkanes) is 35. The highest BCUT2D eigenvalue weighted by Crippen LogP contribution is 2.19. The van der Waals surface area contributed by atoms with Crippen molar-refractivity contribution >= 4 is 17.9 Å². The van der Waals surface area contributed by atoms with Crippen LogP contribution in [-0.2, 0) is 28.6 Å². The third kappa shape index (κ3) is 51.8. The van der Waals surface area contributed by atoms with E-state index in [0.717, 1.165) is 75.5 Å². The molecule has 2 atom stereocenters. The predicted molar refractivity (Wildman–Crippen MR) is 284 cm³/mol. The molecule has 0 rings (SSSR count). The largest absolute Gasteiger partial charge is 0.462 e. The molecule has 0 fully saturated rings. The van der Waals surface area contributed by atoms with Crippen LogP contribution in [0.4, 0.5) is 0 Å². The summed E-state index contributed by atoms with van der Waals surface area (Å²) >= 11 is 0. The van der Waals surface area contributed by atoms with Crippen molar-refractivity contribution in [2.45, 2.75) is 337 Å². The molecular formula is C60H116O6. The number of carbonyl (C=O) groups excluding carboxylic acids is 3. The standard InChI is InChI=1S/C60H116O6/c1-7-56(6)48-42-36-32-33-38-44-50-59(62)65-53-57(66-60(63)51-45-39-31-27-23-19-15-14-17-21-25-29-35-41-47-55(4)5)52-64-58(61)49-43-37-30-26-22-18-13-11-9-8-10-12-16-20-24-28-34-40-46-54(2)3/h54-57H,7-53H2,1-6H3/t56?,57-/m1/s1. The summed E-state index contributed by atoms with van der Waals surface area (Å²) in [6.45, 7) is 13.8. The first kappa shape index (κ1) is 64.4. The SMILES string of the molecule is CCC(C)CCCCCCCCC(=O)OC[C@@H](COC(=O)CCCCCCCCCCCCCCCCCCCCC(C)C)OC(=O)CCCCCCCCCCCCCCCCC(C)C. The summed E-state index contributed by atoms with van der Waals surface area (Å²) in [6, 6.07) is 0. The molecule has 0 radical (unpaired) electrons. The molecule has 0 aliphatic carbocycles. The maximum Gasteiger partial charge on any atom is 0.306 e. The smallest absolute Gasteiger partial charge is 0.306 e. The molecule has 1 unspecified atom stereocenters. The van der Waals surface area contributed by atoms with E-state index in [2.05, 4.69) is 41.5 Å². The second kappa shape index (κ2) is 51.3. The zero-order valence-corrected chi connectivity index (χ0v) is 45.5. The molecule has 392 valence electrons. The van der Waals surface area contributed by atoms with E-state index in [4.69, 9.17) is 14.2 Å². The van der Waals surface area contributed by atoms with E-state index >= 15 is 0 Å². The fourth-order valence-corrected chi connectivity index (χ4v) is 9.14. The van der Waals surface area contributed by atoms with Gasteiger partial charge in [-0.3, -0.25) is 14.4 Å². The maximum absolute atomic E-state index is 12.8. The average Bonchev–Trinajstić information content (AvgIpc) is 3.29. The lowest BCUT2D eigenvalue weighted by molar-refractivity contribution is -0.167. The van der Waals surface area contributed by atoms with E-state index in [1.54, 1.807) is 0 Å². The van der Waals surface area contributed by atoms with E-state index in [0.29, 0.717) is 19.3 Å². The van der Waals surface area contributed by atoms with Gasteiger partial charge in [-0.05, 0) is 37.0 Å². The molecule has 0 aromatic heterocycles. The van der Waals surface area contributed by atoms with Crippen LogP contribution in [0.25, 0.3) is 0 Å². The number of carbonyl (C=O) groups is 3. The van der Waals surface area contributed by atoms with Gasteiger partial charge >= 0.3 is 17.9 Å². The monoisotopic (exact) mass is 933 g/mol. The zero-order chi connectivity index (χ0) is 48.4. The van der Waals surface area contributed by atoms with E-state index < -0.39 is 6.10 Å². The third-order valence-corrected chi connectivity index (χ3v) is 14.0. The molecule has 6 heteroatoms. The first-order valence-corrected chi connectivity index (χ1v) is 29.6. The Bertz CT molecular complexity index is 1020. The molecule has 0 aromatic rings. The minimum atomic E-state index is -0.764. The van der Waals surface area contributed by atoms with Gasteiger partial charge in [-0.1, -0.05) is 292 Å². The Morgan fingerprint density at radius 2 is 0.530 bits per heavy atom. The Morgan fingerprint density at radius 1 is 0.303 bits per heavy atom. The number of hydrogen-bond donors (Lipinski definition) is 0. The molecule has 0 aliphatic heterocycles. The van der Waals surface area contributed by atoms with Crippen molar-refractivity contribution in [2.75, 3.05) is 13.2 Å². The fraction of sp³-hybridized carbons (Fsp3) is 0.950. The number of ether oxygens (including phenoxy) is 3. The van der Waals surface area contributed by atoms with Crippen molar-refractivity contribution in [1.29, 1.82) is 0 Å². The Labute approximate surface area is 412 Å². The Hall–Kier alpha value is -1.59. The first-order chi connectivity index (χ1) is 32.1. The van der Waals surface area contributed by atoms with Gasteiger partial charge in [0.2, 0.25) is 0 Å². The second-order valence-corrected chi connectivity index (χ2v) is 21.8. The summed E-state index contributed by atoms with van der Waals surface area (Å²) in [4.78, 5) is 38.1. The number of hydrogen-bond acceptors (Lipinski definition) is 6. The molecule has 66 heavy (non-hydrogen) atoms. The first-order valence-electron chi connectivity index (χ1n) is 29.6. The van der Waals surface area contributed by atoms with Crippen LogP contribution in [-0.4, -0.2) is 37.2 Å². The lowest BCUT2D eigenvalue weighted by atomic mass is 10.00. The van der Waals surface area contributed by atoms with Crippen LogP contribution in [0.2, 0.25) is 0 Å². The Morgan fingerprint density at radius 3 is 0.788 bits per heavy atom. The summed E-state index contributed by atoms with van der Waals surface area (Å²) in [5, 5.41) is 0. The van der Waals surface area contributed by atoms with Crippen molar-refractivity contribution in [3.63, 3.8) is 0 Å². The molecule has 0 amide bonds. The van der Waals surface area contributed by atoms with Gasteiger partial charge in [-0.2, -0.15) is 0 Å². The molecule has 0 spiro atoms. The molecule has 0 aromatic carbocycles. The minimum absolute atomic E-state index is 0.0640. The van der Waals surface area contributed by atoms with Crippen LogP contribution in [0.5, 0.6) is 0 Å². The highest BCUT2D eigenvalue weighted by molar-refractivity contribution is 5.71. The highest BCUT2D eigenvalue weighted by Gasteiger charge is 2.19. The summed E-state index contributed by atoms with van der Waals surface area (Å²) < 4.78 is 16.9. The molecule has 0 bridgehead atoms. The molecule has 6 nitrogen and oxygen atoms in total. The normalized spacial score (nSPS) is 12.5. The third-order valence-electron chi connectivity index (χ3n) is 14.0. The molecule has 0 N–H and O–H groups in total. The molecule has 0 aliphatic rings. The van der Waals surface area contributed by atoms with E-state index in [9.17, 15) is 14.4 Å². The van der Waals surface area contributed by atoms with Crippen LogP contribution in [0.15, 0.2) is 0 Å². The van der Waals surface area contributed by atoms with Gasteiger partial charge in [0.25, 0.3) is 0 Å². The lowest BCUT2D eigenvalue weighted by Crippen LogP contribution is -2.30. The quantitative estimate of drug-likeness (QED) is 0.0343. The van der Waals surface area contributed by atoms with Gasteiger partial charge < -0.3 is 14.2 Å². The summed E-state index contributed by atoms with van der Waals surface area (Å²) in [6.07, 6.45) is 53.9. The minimum Gasteiger partial charge on any atom is -0.462 e. The van der Waals surface area contributed by atoms with Crippen LogP contribution in [0.3, 0.4) is 0 Å². The topological polar surface area (TPSA) is 78.9 Å². The molecule has 0 saturated carbocycles. The van der Waals surface area contributed by atoms with Gasteiger partial charge in [0, 0.05) is 19.3 Å². The van der Waals surface area contributed by atoms with Gasteiger partial charge in [-0.25, -0.2) is 0 Å². The highest BCUT2D eigenvalue weighted by atomic mass is 16.6. The molecular weight excluding hydrogens is 817 g/mol. The van der Waals surface area contributed by atoms with Gasteiger partial charge in [0.15, 0.2) is 6.10 Å². The van der Waals surface area contributed by atoms with E-state index in [1.165, 1.54) is 212 Å². The van der Waals surface area contributed by atoms with Gasteiger partial charge in [0.05, 0.1) is 0 Å². The summed E-state index contributed by atoms with van der Waals surface area (Å²) in [7, 11) is 0. The Kier molecular flexibility index (Phi) is 50.0. The second-order valence-electron chi connectivity index (χ2n) is 21.8. The van der Waals surface area contributed by atoms with Crippen molar-refractivity contribution in [3.05, 3.63) is 0 Å². The Balaban J connectivity index is 4.22. The van der Waals surface area contributed by atoms with E-state index in [-0.39, 0.29) is 31.1 Å². The summed E-state index contributed by atoms with van der Waals surface area (Å²) in [5.41, 5.74) is 0. The van der Waals surface area contributed by atoms with Crippen LogP contribution in [0, 0.1) is 17.8 Å². The van der Waals surface area contributed by atoms with Crippen molar-refractivity contribution in [3.8, 4) is 0 Å². The van der Waals surface area contributed by atoms with Crippen molar-refractivity contribution < 1.29 is 28.6 Å². The summed E-state index contributed by atoms with van der Waals surface area (Å²) in [5.74, 6) is 1.67. The van der Waals surface area contributed by atoms with Crippen LogP contribution in [0.1, 0.15) is 330 Å². The van der Waals surface area contributed by atoms with Crippen LogP contribution < -0.4 is 0 Å². The van der Waals surface area contributed by atoms with Crippen LogP contribution >= 0.6 is 0 Å². The molecule has 0 saturated heterocycles. The maximum atomic E-state index is 12.8. The fourth-order valence-electron chi connectivity index (χ4n) is 9.14. The van der Waals surface area contributed by atoms with Gasteiger partial charge in [0.1, 0.15) is 13.2 Å². The van der Waals surface area contributed by atoms with Gasteiger partial charge in [-0.15, -0.1) is 0 Å². The van der Waals surface area contributed by atoms with E-state index in [1.807, 2.05) is 0 Å². The average molecular weight is 934 g/mol. The zero-order valence-electron chi connectivity index (χ0n) is 45.5. The predicted octanol–water partition coefficient (Wildman–Crippen LogP) is 19.5.